The first-order valence-electron chi connectivity index (χ1n) is 7.24. The van der Waals surface area contributed by atoms with Crippen LogP contribution in [0.15, 0.2) is 30.3 Å². The molecule has 3 atom stereocenters. The zero-order valence-corrected chi connectivity index (χ0v) is 13.3. The summed E-state index contributed by atoms with van der Waals surface area (Å²) in [4.78, 5) is 13.0. The van der Waals surface area contributed by atoms with E-state index < -0.39 is 9.84 Å². The summed E-state index contributed by atoms with van der Waals surface area (Å²) in [6.07, 6.45) is 0.648. The lowest BCUT2D eigenvalue weighted by atomic mass is 10.1. The number of amides is 1. The highest BCUT2D eigenvalue weighted by molar-refractivity contribution is 7.91. The van der Waals surface area contributed by atoms with Crippen molar-refractivity contribution in [3.05, 3.63) is 35.9 Å². The van der Waals surface area contributed by atoms with Gasteiger partial charge in [-0.3, -0.25) is 4.79 Å². The molecule has 5 nitrogen and oxygen atoms in total. The molecule has 1 unspecified atom stereocenters. The quantitative estimate of drug-likeness (QED) is 0.775. The first kappa shape index (κ1) is 16.0. The van der Waals surface area contributed by atoms with Gasteiger partial charge in [0.2, 0.25) is 0 Å². The van der Waals surface area contributed by atoms with Crippen molar-refractivity contribution in [3.8, 4) is 0 Å². The van der Waals surface area contributed by atoms with E-state index in [1.54, 1.807) is 0 Å². The van der Waals surface area contributed by atoms with Gasteiger partial charge in [-0.25, -0.2) is 8.42 Å². The van der Waals surface area contributed by atoms with Gasteiger partial charge in [-0.05, 0) is 12.5 Å². The minimum atomic E-state index is -2.89. The van der Waals surface area contributed by atoms with Gasteiger partial charge in [0.25, 0.3) is 5.91 Å². The van der Waals surface area contributed by atoms with Gasteiger partial charge < -0.3 is 10.2 Å². The fourth-order valence-corrected chi connectivity index (χ4v) is 4.57. The number of benzene rings is 1. The molecule has 0 radical (unpaired) electrons. The zero-order chi connectivity index (χ0) is 15.5. The second kappa shape index (κ2) is 6.58. The maximum atomic E-state index is 12.1. The van der Waals surface area contributed by atoms with E-state index >= 15 is 0 Å². The smallest absolute Gasteiger partial charge is 0.275 e. The summed E-state index contributed by atoms with van der Waals surface area (Å²) in [6.45, 7) is 2.25. The average molecular weight is 311 g/mol. The third-order valence-electron chi connectivity index (χ3n) is 4.05. The summed E-state index contributed by atoms with van der Waals surface area (Å²) in [5.74, 6) is 0.394. The van der Waals surface area contributed by atoms with Crippen LogP contribution in [-0.2, 0) is 14.6 Å². The van der Waals surface area contributed by atoms with Gasteiger partial charge in [-0.2, -0.15) is 0 Å². The number of nitrogens with one attached hydrogen (secondary N) is 2. The molecular formula is C15H23N2O3S+. The molecule has 1 aliphatic rings. The third kappa shape index (κ3) is 4.54. The van der Waals surface area contributed by atoms with E-state index in [1.807, 2.05) is 44.3 Å². The van der Waals surface area contributed by atoms with Crippen LogP contribution in [0.3, 0.4) is 0 Å². The predicted octanol–water partition coefficient (Wildman–Crippen LogP) is -0.434. The van der Waals surface area contributed by atoms with Crippen LogP contribution in [0.25, 0.3) is 0 Å². The highest BCUT2D eigenvalue weighted by Crippen LogP contribution is 2.11. The summed E-state index contributed by atoms with van der Waals surface area (Å²) in [5, 5.41) is 2.96. The van der Waals surface area contributed by atoms with Crippen LogP contribution in [0, 0.1) is 0 Å². The molecule has 21 heavy (non-hydrogen) atoms. The number of carbonyl (C=O) groups excluding carboxylic acids is 1. The lowest BCUT2D eigenvalue weighted by Crippen LogP contribution is -3.14. The summed E-state index contributed by atoms with van der Waals surface area (Å²) < 4.78 is 23.0. The van der Waals surface area contributed by atoms with Crippen molar-refractivity contribution in [2.75, 3.05) is 25.1 Å². The van der Waals surface area contributed by atoms with E-state index in [-0.39, 0.29) is 29.5 Å². The number of sulfone groups is 1. The molecule has 116 valence electrons. The molecule has 0 saturated carbocycles. The minimum absolute atomic E-state index is 0.0350. The lowest BCUT2D eigenvalue weighted by molar-refractivity contribution is -0.894. The van der Waals surface area contributed by atoms with Crippen LogP contribution in [0.1, 0.15) is 24.9 Å². The van der Waals surface area contributed by atoms with Crippen LogP contribution >= 0.6 is 0 Å². The summed E-state index contributed by atoms with van der Waals surface area (Å²) >= 11 is 0. The fourth-order valence-electron chi connectivity index (χ4n) is 2.70. The van der Waals surface area contributed by atoms with Crippen LogP contribution in [0.4, 0.5) is 0 Å². The Balaban J connectivity index is 1.84. The Labute approximate surface area is 126 Å². The SMILES string of the molecule is C[C@@H](NC(=O)C[NH+](C)[C@@H]1CCS(=O)(=O)C1)c1ccccc1. The highest BCUT2D eigenvalue weighted by atomic mass is 32.2. The van der Waals surface area contributed by atoms with Crippen molar-refractivity contribution in [3.63, 3.8) is 0 Å². The van der Waals surface area contributed by atoms with Gasteiger partial charge in [0.15, 0.2) is 16.4 Å². The predicted molar refractivity (Wildman–Crippen MR) is 81.8 cm³/mol. The minimum Gasteiger partial charge on any atom is -0.345 e. The van der Waals surface area contributed by atoms with Crippen LogP contribution < -0.4 is 10.2 Å². The van der Waals surface area contributed by atoms with Gasteiger partial charge in [0.1, 0.15) is 11.8 Å². The Morgan fingerprint density at radius 3 is 2.62 bits per heavy atom. The normalized spacial score (nSPS) is 23.4. The molecule has 0 aromatic heterocycles. The number of carbonyl (C=O) groups is 1. The Kier molecular flexibility index (Phi) is 5.00. The number of hydrogen-bond acceptors (Lipinski definition) is 3. The largest absolute Gasteiger partial charge is 0.345 e. The molecule has 1 fully saturated rings. The number of likely N-dealkylation sites (N-methyl/N-ethyl adjacent to an activating group) is 1. The molecule has 1 heterocycles. The fraction of sp³-hybridized carbons (Fsp3) is 0.533. The molecule has 1 aromatic rings. The Bertz CT molecular complexity index is 586. The van der Waals surface area contributed by atoms with Gasteiger partial charge in [0.05, 0.1) is 18.8 Å². The second-order valence-electron chi connectivity index (χ2n) is 5.82. The van der Waals surface area contributed by atoms with Crippen LogP contribution in [0.2, 0.25) is 0 Å². The van der Waals surface area contributed by atoms with Crippen molar-refractivity contribution >= 4 is 15.7 Å². The standard InChI is InChI=1S/C15H22N2O3S/c1-12(13-6-4-3-5-7-13)16-15(18)10-17(2)14-8-9-21(19,20)11-14/h3-7,12,14H,8-11H2,1-2H3,(H,16,18)/p+1/t12-,14-/m1/s1. The van der Waals surface area contributed by atoms with Crippen LogP contribution in [-0.4, -0.2) is 45.5 Å². The summed E-state index contributed by atoms with van der Waals surface area (Å²) in [6, 6.07) is 9.77. The second-order valence-corrected chi connectivity index (χ2v) is 8.05. The average Bonchev–Trinajstić information content (AvgIpc) is 2.80. The van der Waals surface area contributed by atoms with Crippen molar-refractivity contribution in [2.24, 2.45) is 0 Å². The molecule has 0 bridgehead atoms. The van der Waals surface area contributed by atoms with E-state index in [4.69, 9.17) is 0 Å². The Morgan fingerprint density at radius 2 is 2.05 bits per heavy atom. The molecule has 2 N–H and O–H groups in total. The van der Waals surface area contributed by atoms with E-state index in [0.717, 1.165) is 10.5 Å². The van der Waals surface area contributed by atoms with Gasteiger partial charge in [-0.15, -0.1) is 0 Å². The first-order chi connectivity index (χ1) is 9.87. The van der Waals surface area contributed by atoms with Crippen molar-refractivity contribution in [2.45, 2.75) is 25.4 Å². The maximum absolute atomic E-state index is 12.1. The molecule has 1 saturated heterocycles. The molecule has 0 spiro atoms. The van der Waals surface area contributed by atoms with Crippen molar-refractivity contribution < 1.29 is 18.1 Å². The van der Waals surface area contributed by atoms with E-state index in [2.05, 4.69) is 5.32 Å². The van der Waals surface area contributed by atoms with Gasteiger partial charge in [-0.1, -0.05) is 30.3 Å². The lowest BCUT2D eigenvalue weighted by Gasteiger charge is -2.21. The number of rotatable bonds is 5. The van der Waals surface area contributed by atoms with Crippen molar-refractivity contribution in [1.29, 1.82) is 0 Å². The number of quaternary nitrogens is 1. The number of hydrogen-bond donors (Lipinski definition) is 2. The van der Waals surface area contributed by atoms with Crippen molar-refractivity contribution in [1.82, 2.24) is 5.32 Å². The van der Waals surface area contributed by atoms with Gasteiger partial charge >= 0.3 is 0 Å². The Morgan fingerprint density at radius 1 is 1.38 bits per heavy atom. The summed E-state index contributed by atoms with van der Waals surface area (Å²) in [7, 11) is -1.01. The monoisotopic (exact) mass is 311 g/mol. The summed E-state index contributed by atoms with van der Waals surface area (Å²) in [5.41, 5.74) is 1.06. The van der Waals surface area contributed by atoms with E-state index in [1.165, 1.54) is 0 Å². The van der Waals surface area contributed by atoms with E-state index in [0.29, 0.717) is 13.0 Å². The molecule has 1 aromatic carbocycles. The topological polar surface area (TPSA) is 67.7 Å². The molecule has 6 heteroatoms. The Hall–Kier alpha value is -1.40. The van der Waals surface area contributed by atoms with E-state index in [9.17, 15) is 13.2 Å². The highest BCUT2D eigenvalue weighted by Gasteiger charge is 2.34. The molecule has 1 amide bonds. The van der Waals surface area contributed by atoms with Crippen LogP contribution in [0.5, 0.6) is 0 Å². The molecule has 2 rings (SSSR count). The first-order valence-corrected chi connectivity index (χ1v) is 9.06. The molecule has 1 aliphatic heterocycles. The molecular weight excluding hydrogens is 288 g/mol. The molecule has 0 aliphatic carbocycles. The maximum Gasteiger partial charge on any atom is 0.275 e. The third-order valence-corrected chi connectivity index (χ3v) is 5.81. The van der Waals surface area contributed by atoms with Gasteiger partial charge in [0, 0.05) is 6.42 Å². The zero-order valence-electron chi connectivity index (χ0n) is 12.5.